The van der Waals surface area contributed by atoms with Crippen LogP contribution in [0.15, 0.2) is 23.4 Å². The third-order valence-corrected chi connectivity index (χ3v) is 4.66. The van der Waals surface area contributed by atoms with Gasteiger partial charge in [0.05, 0.1) is 11.3 Å². The molecule has 0 aromatic heterocycles. The monoisotopic (exact) mass is 277 g/mol. The minimum atomic E-state index is -0.432. The van der Waals surface area contributed by atoms with Crippen LogP contribution in [-0.2, 0) is 0 Å². The zero-order valence-corrected chi connectivity index (χ0v) is 11.4. The minimum absolute atomic E-state index is 0.154. The fourth-order valence-electron chi connectivity index (χ4n) is 3.81. The van der Waals surface area contributed by atoms with Crippen LogP contribution in [0, 0.1) is 11.7 Å². The third-order valence-electron chi connectivity index (χ3n) is 4.66. The van der Waals surface area contributed by atoms with E-state index < -0.39 is 5.82 Å². The second kappa shape index (κ2) is 5.31. The molecule has 2 aliphatic rings. The maximum absolute atomic E-state index is 14.1. The molecule has 1 saturated heterocycles. The van der Waals surface area contributed by atoms with Crippen LogP contribution in [0.5, 0.6) is 0 Å². The summed E-state index contributed by atoms with van der Waals surface area (Å²) < 4.78 is 14.1. The first kappa shape index (κ1) is 13.2. The summed E-state index contributed by atoms with van der Waals surface area (Å²) in [7, 11) is 0. The predicted molar refractivity (Wildman–Crippen MR) is 76.6 cm³/mol. The highest BCUT2D eigenvalue weighted by atomic mass is 19.1. The lowest BCUT2D eigenvalue weighted by atomic mass is 9.91. The first-order valence-corrected chi connectivity index (χ1v) is 7.25. The Hall–Kier alpha value is -1.78. The average Bonchev–Trinajstić information content (AvgIpc) is 2.94. The highest BCUT2D eigenvalue weighted by Crippen LogP contribution is 2.40. The third kappa shape index (κ3) is 2.11. The smallest absolute Gasteiger partial charge is 0.175 e. The van der Waals surface area contributed by atoms with Gasteiger partial charge in [-0.25, -0.2) is 4.39 Å². The number of hydrogen-bond donors (Lipinski definition) is 2. The molecule has 4 nitrogen and oxygen atoms in total. The Kier molecular flexibility index (Phi) is 3.51. The van der Waals surface area contributed by atoms with Crippen molar-refractivity contribution in [2.45, 2.75) is 38.1 Å². The summed E-state index contributed by atoms with van der Waals surface area (Å²) in [6.45, 7) is 0.913. The average molecular weight is 277 g/mol. The Morgan fingerprint density at radius 1 is 1.30 bits per heavy atom. The van der Waals surface area contributed by atoms with Gasteiger partial charge in [0.25, 0.3) is 0 Å². The Morgan fingerprint density at radius 3 is 2.90 bits per heavy atom. The summed E-state index contributed by atoms with van der Waals surface area (Å²) in [6, 6.07) is 5.39. The van der Waals surface area contributed by atoms with Crippen molar-refractivity contribution >= 4 is 11.5 Å². The van der Waals surface area contributed by atoms with Gasteiger partial charge in [0.1, 0.15) is 5.82 Å². The van der Waals surface area contributed by atoms with Gasteiger partial charge in [0.15, 0.2) is 5.84 Å². The molecular weight excluding hydrogens is 257 g/mol. The molecule has 0 spiro atoms. The number of rotatable bonds is 2. The number of nitrogens with two attached hydrogens (primary N) is 1. The van der Waals surface area contributed by atoms with E-state index in [1.54, 1.807) is 6.07 Å². The topological polar surface area (TPSA) is 61.9 Å². The summed E-state index contributed by atoms with van der Waals surface area (Å²) in [5.41, 5.74) is 6.66. The lowest BCUT2D eigenvalue weighted by molar-refractivity contribution is 0.318. The van der Waals surface area contributed by atoms with Crippen LogP contribution in [0.4, 0.5) is 10.1 Å². The predicted octanol–water partition coefficient (Wildman–Crippen LogP) is 2.69. The van der Waals surface area contributed by atoms with Gasteiger partial charge in [-0.3, -0.25) is 0 Å². The molecule has 1 saturated carbocycles. The number of anilines is 1. The molecule has 1 aliphatic heterocycles. The Balaban J connectivity index is 2.03. The molecule has 1 heterocycles. The molecule has 5 heteroatoms. The molecule has 0 bridgehead atoms. The van der Waals surface area contributed by atoms with Crippen LogP contribution < -0.4 is 10.6 Å². The number of piperidine rings is 1. The number of fused-ring (bicyclic) bond motifs is 1. The van der Waals surface area contributed by atoms with Crippen molar-refractivity contribution in [1.82, 2.24) is 0 Å². The molecule has 1 aromatic rings. The molecule has 2 fully saturated rings. The van der Waals surface area contributed by atoms with Crippen LogP contribution in [0.1, 0.15) is 37.7 Å². The Bertz CT molecular complexity index is 532. The maximum atomic E-state index is 14.1. The van der Waals surface area contributed by atoms with Gasteiger partial charge in [-0.05, 0) is 43.7 Å². The number of amidine groups is 1. The fraction of sp³-hybridized carbons (Fsp3) is 0.533. The highest BCUT2D eigenvalue weighted by molar-refractivity contribution is 6.02. The van der Waals surface area contributed by atoms with Crippen molar-refractivity contribution in [2.24, 2.45) is 16.8 Å². The molecule has 3 rings (SSSR count). The van der Waals surface area contributed by atoms with Gasteiger partial charge in [0.2, 0.25) is 0 Å². The minimum Gasteiger partial charge on any atom is -0.409 e. The Morgan fingerprint density at radius 2 is 2.10 bits per heavy atom. The molecule has 20 heavy (non-hydrogen) atoms. The van der Waals surface area contributed by atoms with Gasteiger partial charge in [-0.15, -0.1) is 0 Å². The van der Waals surface area contributed by atoms with E-state index in [2.05, 4.69) is 10.1 Å². The van der Waals surface area contributed by atoms with E-state index in [1.165, 1.54) is 25.3 Å². The molecule has 0 radical (unpaired) electrons. The summed E-state index contributed by atoms with van der Waals surface area (Å²) in [6.07, 6.45) is 6.02. The van der Waals surface area contributed by atoms with E-state index in [0.717, 1.165) is 25.1 Å². The summed E-state index contributed by atoms with van der Waals surface area (Å²) >= 11 is 0. The quantitative estimate of drug-likeness (QED) is 0.378. The fourth-order valence-corrected chi connectivity index (χ4v) is 3.81. The van der Waals surface area contributed by atoms with Gasteiger partial charge >= 0.3 is 0 Å². The van der Waals surface area contributed by atoms with E-state index in [4.69, 9.17) is 10.9 Å². The molecule has 1 aliphatic carbocycles. The molecule has 1 aromatic carbocycles. The Labute approximate surface area is 118 Å². The van der Waals surface area contributed by atoms with E-state index >= 15 is 0 Å². The zero-order chi connectivity index (χ0) is 14.1. The van der Waals surface area contributed by atoms with Crippen LogP contribution >= 0.6 is 0 Å². The van der Waals surface area contributed by atoms with Gasteiger partial charge in [-0.2, -0.15) is 0 Å². The number of hydrogen-bond acceptors (Lipinski definition) is 3. The molecule has 0 amide bonds. The van der Waals surface area contributed by atoms with E-state index in [-0.39, 0.29) is 11.4 Å². The maximum Gasteiger partial charge on any atom is 0.175 e. The number of oxime groups is 1. The van der Waals surface area contributed by atoms with Crippen LogP contribution in [0.3, 0.4) is 0 Å². The van der Waals surface area contributed by atoms with Crippen molar-refractivity contribution in [1.29, 1.82) is 0 Å². The van der Waals surface area contributed by atoms with Crippen molar-refractivity contribution in [3.05, 3.63) is 29.6 Å². The standard InChI is InChI=1S/C15H20FN3O/c16-11-6-2-8-13(14(11)15(17)18-20)19-9-3-5-10-4-1-7-12(10)19/h2,6,8,10,12,20H,1,3-5,7,9H2,(H2,17,18). The lowest BCUT2D eigenvalue weighted by Gasteiger charge is -2.40. The SMILES string of the molecule is NC(=NO)c1c(F)cccc1N1CCCC2CCCC21. The van der Waals surface area contributed by atoms with Gasteiger partial charge in [0, 0.05) is 12.6 Å². The second-order valence-corrected chi connectivity index (χ2v) is 5.71. The van der Waals surface area contributed by atoms with E-state index in [9.17, 15) is 4.39 Å². The molecule has 3 N–H and O–H groups in total. The van der Waals surface area contributed by atoms with Crippen molar-refractivity contribution < 1.29 is 9.60 Å². The first-order valence-electron chi connectivity index (χ1n) is 7.25. The number of halogens is 1. The normalized spacial score (nSPS) is 26.6. The molecular formula is C15H20FN3O. The molecule has 108 valence electrons. The van der Waals surface area contributed by atoms with Crippen LogP contribution in [0.2, 0.25) is 0 Å². The lowest BCUT2D eigenvalue weighted by Crippen LogP contribution is -2.43. The van der Waals surface area contributed by atoms with Crippen molar-refractivity contribution in [2.75, 3.05) is 11.4 Å². The summed E-state index contributed by atoms with van der Waals surface area (Å²) in [5, 5.41) is 11.9. The van der Waals surface area contributed by atoms with Crippen LogP contribution in [-0.4, -0.2) is 23.6 Å². The van der Waals surface area contributed by atoms with E-state index in [1.807, 2.05) is 6.07 Å². The van der Waals surface area contributed by atoms with Gasteiger partial charge in [-0.1, -0.05) is 17.6 Å². The van der Waals surface area contributed by atoms with Crippen molar-refractivity contribution in [3.8, 4) is 0 Å². The highest BCUT2D eigenvalue weighted by Gasteiger charge is 2.36. The summed E-state index contributed by atoms with van der Waals surface area (Å²) in [4.78, 5) is 2.26. The molecule has 2 unspecified atom stereocenters. The van der Waals surface area contributed by atoms with E-state index in [0.29, 0.717) is 12.0 Å². The van der Waals surface area contributed by atoms with Gasteiger partial charge < -0.3 is 15.8 Å². The summed E-state index contributed by atoms with van der Waals surface area (Å²) in [5.74, 6) is 0.114. The number of benzene rings is 1. The van der Waals surface area contributed by atoms with Crippen molar-refractivity contribution in [3.63, 3.8) is 0 Å². The second-order valence-electron chi connectivity index (χ2n) is 5.71. The van der Waals surface area contributed by atoms with Crippen LogP contribution in [0.25, 0.3) is 0 Å². The largest absolute Gasteiger partial charge is 0.409 e. The first-order chi connectivity index (χ1) is 9.72. The number of nitrogens with zero attached hydrogens (tertiary/aromatic N) is 2. The molecule has 2 atom stereocenters. The zero-order valence-electron chi connectivity index (χ0n) is 11.4.